The van der Waals surface area contributed by atoms with Crippen molar-refractivity contribution in [2.45, 2.75) is 32.4 Å². The number of likely N-dealkylation sites (tertiary alicyclic amines) is 1. The van der Waals surface area contributed by atoms with Gasteiger partial charge in [0.2, 0.25) is 11.8 Å². The molecule has 23 heavy (non-hydrogen) atoms. The third kappa shape index (κ3) is 2.91. The minimum atomic E-state index is -0.885. The maximum absolute atomic E-state index is 12.4. The highest BCUT2D eigenvalue weighted by molar-refractivity contribution is 6.08. The second kappa shape index (κ2) is 6.36. The van der Waals surface area contributed by atoms with Crippen LogP contribution in [0.5, 0.6) is 0 Å². The number of carbonyl (C=O) groups is 3. The number of amides is 2. The van der Waals surface area contributed by atoms with Gasteiger partial charge in [0.05, 0.1) is 11.8 Å². The number of esters is 1. The summed E-state index contributed by atoms with van der Waals surface area (Å²) in [5.74, 6) is -1.71. The largest absolute Gasteiger partial charge is 0.459 e. The molecule has 0 radical (unpaired) electrons. The molecule has 1 aromatic rings. The normalized spacial score (nSPS) is 24.5. The zero-order valence-corrected chi connectivity index (χ0v) is 13.0. The Balaban J connectivity index is 1.65. The summed E-state index contributed by atoms with van der Waals surface area (Å²) >= 11 is 0. The van der Waals surface area contributed by atoms with Gasteiger partial charge in [0.1, 0.15) is 12.6 Å². The van der Waals surface area contributed by atoms with Gasteiger partial charge in [-0.3, -0.25) is 14.5 Å². The van der Waals surface area contributed by atoms with Gasteiger partial charge in [-0.1, -0.05) is 42.5 Å². The smallest absolute Gasteiger partial charge is 0.329 e. The Morgan fingerprint density at radius 1 is 1.13 bits per heavy atom. The van der Waals surface area contributed by atoms with E-state index in [4.69, 9.17) is 4.74 Å². The molecule has 0 saturated carbocycles. The molecule has 1 aliphatic heterocycles. The maximum Gasteiger partial charge on any atom is 0.329 e. The predicted molar refractivity (Wildman–Crippen MR) is 82.9 cm³/mol. The van der Waals surface area contributed by atoms with Crippen LogP contribution in [-0.4, -0.2) is 28.7 Å². The number of hydrogen-bond donors (Lipinski definition) is 0. The zero-order chi connectivity index (χ0) is 16.4. The highest BCUT2D eigenvalue weighted by atomic mass is 16.5. The lowest BCUT2D eigenvalue weighted by molar-refractivity contribution is -0.159. The first-order valence-corrected chi connectivity index (χ1v) is 7.82. The van der Waals surface area contributed by atoms with E-state index in [9.17, 15) is 14.4 Å². The van der Waals surface area contributed by atoms with E-state index in [2.05, 4.69) is 0 Å². The summed E-state index contributed by atoms with van der Waals surface area (Å²) in [6, 6.07) is 8.42. The van der Waals surface area contributed by atoms with Crippen LogP contribution >= 0.6 is 0 Å². The number of imide groups is 1. The third-order valence-corrected chi connectivity index (χ3v) is 4.49. The first-order valence-electron chi connectivity index (χ1n) is 7.82. The lowest BCUT2D eigenvalue weighted by Gasteiger charge is -2.21. The van der Waals surface area contributed by atoms with Crippen molar-refractivity contribution >= 4 is 17.8 Å². The molecule has 2 aliphatic rings. The fourth-order valence-electron chi connectivity index (χ4n) is 3.16. The third-order valence-electron chi connectivity index (χ3n) is 4.49. The number of allylic oxidation sites excluding steroid dienone is 2. The Morgan fingerprint density at radius 3 is 2.26 bits per heavy atom. The fraction of sp³-hybridized carbons (Fsp3) is 0.389. The highest BCUT2D eigenvalue weighted by Gasteiger charge is 2.50. The number of nitrogens with zero attached hydrogens (tertiary/aromatic N) is 1. The summed E-state index contributed by atoms with van der Waals surface area (Å²) in [5.41, 5.74) is 0.866. The number of fused-ring (bicyclic) bond motifs is 1. The quantitative estimate of drug-likeness (QED) is 0.485. The van der Waals surface area contributed by atoms with Gasteiger partial charge < -0.3 is 4.74 Å². The summed E-state index contributed by atoms with van der Waals surface area (Å²) in [6.07, 6.45) is 4.98. The molecule has 1 aromatic carbocycles. The van der Waals surface area contributed by atoms with Crippen LogP contribution in [0.15, 0.2) is 42.5 Å². The molecule has 0 N–H and O–H groups in total. The monoisotopic (exact) mass is 313 g/mol. The first kappa shape index (κ1) is 15.5. The number of ether oxygens (including phenoxy) is 1. The minimum absolute atomic E-state index is 0.134. The SMILES string of the molecule is C[C@@H](C(=O)OCc1ccccc1)N1C(=O)[C@H]2CC=CC[C@@H]2C1=O. The zero-order valence-electron chi connectivity index (χ0n) is 13.0. The van der Waals surface area contributed by atoms with E-state index in [0.29, 0.717) is 12.8 Å². The molecule has 1 saturated heterocycles. The van der Waals surface area contributed by atoms with E-state index in [1.165, 1.54) is 0 Å². The topological polar surface area (TPSA) is 63.7 Å². The van der Waals surface area contributed by atoms with Gasteiger partial charge in [0, 0.05) is 0 Å². The van der Waals surface area contributed by atoms with Crippen molar-refractivity contribution in [3.63, 3.8) is 0 Å². The van der Waals surface area contributed by atoms with Crippen LogP contribution in [0.1, 0.15) is 25.3 Å². The van der Waals surface area contributed by atoms with E-state index in [-0.39, 0.29) is 30.3 Å². The second-order valence-electron chi connectivity index (χ2n) is 5.97. The highest BCUT2D eigenvalue weighted by Crippen LogP contribution is 2.36. The van der Waals surface area contributed by atoms with Crippen molar-refractivity contribution in [1.29, 1.82) is 0 Å². The van der Waals surface area contributed by atoms with Crippen molar-refractivity contribution in [3.8, 4) is 0 Å². The molecule has 1 fully saturated rings. The number of carbonyl (C=O) groups excluding carboxylic acids is 3. The molecule has 0 unspecified atom stereocenters. The molecular formula is C18H19NO4. The maximum atomic E-state index is 12.4. The van der Waals surface area contributed by atoms with Gasteiger partial charge in [-0.15, -0.1) is 0 Å². The Bertz CT molecular complexity index is 626. The molecule has 0 aromatic heterocycles. The van der Waals surface area contributed by atoms with E-state index in [1.807, 2.05) is 42.5 Å². The second-order valence-corrected chi connectivity index (χ2v) is 5.97. The summed E-state index contributed by atoms with van der Waals surface area (Å²) in [5, 5.41) is 0. The molecule has 5 nitrogen and oxygen atoms in total. The summed E-state index contributed by atoms with van der Waals surface area (Å²) in [7, 11) is 0. The van der Waals surface area contributed by atoms with E-state index >= 15 is 0 Å². The molecular weight excluding hydrogens is 294 g/mol. The first-order chi connectivity index (χ1) is 11.1. The van der Waals surface area contributed by atoms with Gasteiger partial charge in [-0.25, -0.2) is 4.79 Å². The lowest BCUT2D eigenvalue weighted by Crippen LogP contribution is -2.44. The number of rotatable bonds is 4. The standard InChI is InChI=1S/C18H19NO4/c1-12(18(22)23-11-13-7-3-2-4-8-13)19-16(20)14-9-5-6-10-15(14)17(19)21/h2-8,12,14-15H,9-11H2,1H3/t12-,14-,15-/m0/s1. The van der Waals surface area contributed by atoms with Crippen molar-refractivity contribution < 1.29 is 19.1 Å². The van der Waals surface area contributed by atoms with Gasteiger partial charge in [0.15, 0.2) is 0 Å². The van der Waals surface area contributed by atoms with E-state index < -0.39 is 12.0 Å². The van der Waals surface area contributed by atoms with Crippen LogP contribution in [-0.2, 0) is 25.7 Å². The number of hydrogen-bond acceptors (Lipinski definition) is 4. The van der Waals surface area contributed by atoms with Gasteiger partial charge >= 0.3 is 5.97 Å². The summed E-state index contributed by atoms with van der Waals surface area (Å²) < 4.78 is 5.25. The molecule has 0 bridgehead atoms. The number of benzene rings is 1. The molecule has 1 aliphatic carbocycles. The molecule has 5 heteroatoms. The van der Waals surface area contributed by atoms with Gasteiger partial charge in [-0.05, 0) is 25.3 Å². The molecule has 120 valence electrons. The Labute approximate surface area is 134 Å². The summed E-state index contributed by atoms with van der Waals surface area (Å²) in [4.78, 5) is 38.2. The summed E-state index contributed by atoms with van der Waals surface area (Å²) in [6.45, 7) is 1.68. The van der Waals surface area contributed by atoms with Crippen molar-refractivity contribution in [1.82, 2.24) is 4.90 Å². The Hall–Kier alpha value is -2.43. The predicted octanol–water partition coefficient (Wildman–Crippen LogP) is 2.07. The lowest BCUT2D eigenvalue weighted by atomic mass is 9.85. The molecule has 3 rings (SSSR count). The fourth-order valence-corrected chi connectivity index (χ4v) is 3.16. The molecule has 0 spiro atoms. The van der Waals surface area contributed by atoms with Crippen LogP contribution in [0.3, 0.4) is 0 Å². The average Bonchev–Trinajstić information content (AvgIpc) is 2.84. The van der Waals surface area contributed by atoms with Crippen molar-refractivity contribution in [3.05, 3.63) is 48.0 Å². The van der Waals surface area contributed by atoms with Crippen LogP contribution < -0.4 is 0 Å². The Morgan fingerprint density at radius 2 is 1.70 bits per heavy atom. The minimum Gasteiger partial charge on any atom is -0.459 e. The molecule has 2 amide bonds. The van der Waals surface area contributed by atoms with Crippen LogP contribution in [0.25, 0.3) is 0 Å². The van der Waals surface area contributed by atoms with Crippen LogP contribution in [0.2, 0.25) is 0 Å². The van der Waals surface area contributed by atoms with Crippen LogP contribution in [0.4, 0.5) is 0 Å². The van der Waals surface area contributed by atoms with Crippen molar-refractivity contribution in [2.24, 2.45) is 11.8 Å². The van der Waals surface area contributed by atoms with E-state index in [0.717, 1.165) is 10.5 Å². The van der Waals surface area contributed by atoms with Crippen molar-refractivity contribution in [2.75, 3.05) is 0 Å². The molecule has 3 atom stereocenters. The van der Waals surface area contributed by atoms with Gasteiger partial charge in [0.25, 0.3) is 0 Å². The van der Waals surface area contributed by atoms with Crippen LogP contribution in [0, 0.1) is 11.8 Å². The van der Waals surface area contributed by atoms with Gasteiger partial charge in [-0.2, -0.15) is 0 Å². The van der Waals surface area contributed by atoms with E-state index in [1.54, 1.807) is 6.92 Å². The molecule has 1 heterocycles. The Kier molecular flexibility index (Phi) is 4.28. The average molecular weight is 313 g/mol.